The molecule has 0 bridgehead atoms. The van der Waals surface area contributed by atoms with Crippen molar-refractivity contribution in [2.45, 2.75) is 44.1 Å². The molecule has 8 heteroatoms. The van der Waals surface area contributed by atoms with Crippen molar-refractivity contribution >= 4 is 40.9 Å². The number of nitrogens with zero attached hydrogens (tertiary/aromatic N) is 4. The fourth-order valence-electron chi connectivity index (χ4n) is 3.85. The molecule has 3 rings (SSSR count). The fourth-order valence-corrected chi connectivity index (χ4v) is 5.28. The fraction of sp³-hybridized carbons (Fsp3) is 0.476. The van der Waals surface area contributed by atoms with E-state index in [1.54, 1.807) is 18.2 Å². The van der Waals surface area contributed by atoms with Gasteiger partial charge in [0.25, 0.3) is 0 Å². The maximum Gasteiger partial charge on any atom is 0.235 e. The van der Waals surface area contributed by atoms with Crippen LogP contribution in [0.1, 0.15) is 27.2 Å². The highest BCUT2D eigenvalue weighted by Gasteiger charge is 2.30. The summed E-state index contributed by atoms with van der Waals surface area (Å²) in [5, 5.41) is 10.2. The third-order valence-corrected chi connectivity index (χ3v) is 6.63. The Hall–Kier alpha value is -1.50. The molecule has 0 radical (unpaired) electrons. The van der Waals surface area contributed by atoms with Gasteiger partial charge in [-0.15, -0.1) is 16.8 Å². The van der Waals surface area contributed by atoms with Gasteiger partial charge < -0.3 is 4.90 Å². The second-order valence-electron chi connectivity index (χ2n) is 7.78. The quantitative estimate of drug-likeness (QED) is 0.433. The largest absolute Gasteiger partial charge is 0.341 e. The summed E-state index contributed by atoms with van der Waals surface area (Å²) < 4.78 is 1.93. The zero-order valence-electron chi connectivity index (χ0n) is 16.9. The highest BCUT2D eigenvalue weighted by atomic mass is 35.5. The number of hydrogen-bond acceptors (Lipinski definition) is 4. The molecule has 5 nitrogen and oxygen atoms in total. The number of aromatic nitrogens is 3. The predicted octanol–water partition coefficient (Wildman–Crippen LogP) is 5.42. The van der Waals surface area contributed by atoms with E-state index in [0.29, 0.717) is 39.4 Å². The van der Waals surface area contributed by atoms with E-state index < -0.39 is 0 Å². The number of likely N-dealkylation sites (tertiary alicyclic amines) is 1. The molecule has 1 amide bonds. The van der Waals surface area contributed by atoms with Crippen molar-refractivity contribution < 1.29 is 4.79 Å². The molecule has 1 aliphatic heterocycles. The van der Waals surface area contributed by atoms with Crippen molar-refractivity contribution in [1.29, 1.82) is 0 Å². The SMILES string of the molecule is C=CCn1c(S[C@@H](C)C(=O)N2C[C@H](C)C[C@@H](C)C2)nnc1-c1ccc(Cl)cc1Cl. The van der Waals surface area contributed by atoms with Crippen LogP contribution in [0.15, 0.2) is 36.0 Å². The molecule has 1 aromatic carbocycles. The second kappa shape index (κ2) is 9.54. The van der Waals surface area contributed by atoms with Gasteiger partial charge in [0.1, 0.15) is 0 Å². The zero-order valence-corrected chi connectivity index (χ0v) is 19.3. The summed E-state index contributed by atoms with van der Waals surface area (Å²) >= 11 is 13.8. The van der Waals surface area contributed by atoms with Crippen LogP contribution in [-0.4, -0.2) is 43.9 Å². The minimum absolute atomic E-state index is 0.146. The Bertz CT molecular complexity index is 891. The van der Waals surface area contributed by atoms with Gasteiger partial charge in [0.2, 0.25) is 5.91 Å². The van der Waals surface area contributed by atoms with Crippen LogP contribution in [0.3, 0.4) is 0 Å². The van der Waals surface area contributed by atoms with Gasteiger partial charge in [0, 0.05) is 30.2 Å². The maximum atomic E-state index is 13.0. The summed E-state index contributed by atoms with van der Waals surface area (Å²) in [5.41, 5.74) is 0.745. The summed E-state index contributed by atoms with van der Waals surface area (Å²) in [5.74, 6) is 1.84. The average molecular weight is 453 g/mol. The highest BCUT2D eigenvalue weighted by Crippen LogP contribution is 2.33. The number of carbonyl (C=O) groups is 1. The molecule has 0 N–H and O–H groups in total. The van der Waals surface area contributed by atoms with Gasteiger partial charge >= 0.3 is 0 Å². The van der Waals surface area contributed by atoms with Gasteiger partial charge in [-0.2, -0.15) is 0 Å². The van der Waals surface area contributed by atoms with Crippen molar-refractivity contribution in [3.05, 3.63) is 40.9 Å². The van der Waals surface area contributed by atoms with Gasteiger partial charge in [0.15, 0.2) is 11.0 Å². The Labute approximate surface area is 186 Å². The summed E-state index contributed by atoms with van der Waals surface area (Å²) in [7, 11) is 0. The molecule has 2 heterocycles. The minimum Gasteiger partial charge on any atom is -0.341 e. The number of carbonyl (C=O) groups excluding carboxylic acids is 1. The first-order chi connectivity index (χ1) is 13.8. The predicted molar refractivity (Wildman–Crippen MR) is 121 cm³/mol. The highest BCUT2D eigenvalue weighted by molar-refractivity contribution is 8.00. The second-order valence-corrected chi connectivity index (χ2v) is 9.93. The summed E-state index contributed by atoms with van der Waals surface area (Å²) in [4.78, 5) is 15.0. The molecule has 1 fully saturated rings. The van der Waals surface area contributed by atoms with Crippen molar-refractivity contribution in [3.63, 3.8) is 0 Å². The Balaban J connectivity index is 1.82. The van der Waals surface area contributed by atoms with E-state index >= 15 is 0 Å². The lowest BCUT2D eigenvalue weighted by Crippen LogP contribution is -2.45. The van der Waals surface area contributed by atoms with Crippen LogP contribution in [0.5, 0.6) is 0 Å². The number of amides is 1. The first-order valence-corrected chi connectivity index (χ1v) is 11.4. The third-order valence-electron chi connectivity index (χ3n) is 5.01. The molecule has 0 saturated carbocycles. The Morgan fingerprint density at radius 3 is 2.62 bits per heavy atom. The van der Waals surface area contributed by atoms with Crippen molar-refractivity contribution in [1.82, 2.24) is 19.7 Å². The van der Waals surface area contributed by atoms with Crippen molar-refractivity contribution in [2.24, 2.45) is 11.8 Å². The standard InChI is InChI=1S/C21H26Cl2N4OS/c1-5-8-27-19(17-7-6-16(22)10-18(17)23)24-25-21(27)29-15(4)20(28)26-11-13(2)9-14(3)12-26/h5-7,10,13-15H,1,8-9,11-12H2,2-4H3/t13-,14-,15+/m1/s1. The van der Waals surface area contributed by atoms with Crippen LogP contribution in [0, 0.1) is 11.8 Å². The van der Waals surface area contributed by atoms with Gasteiger partial charge in [-0.05, 0) is 43.4 Å². The van der Waals surface area contributed by atoms with Gasteiger partial charge in [-0.25, -0.2) is 0 Å². The van der Waals surface area contributed by atoms with E-state index in [2.05, 4.69) is 30.6 Å². The zero-order chi connectivity index (χ0) is 21.1. The van der Waals surface area contributed by atoms with Crippen LogP contribution >= 0.6 is 35.0 Å². The van der Waals surface area contributed by atoms with Crippen LogP contribution in [0.4, 0.5) is 0 Å². The van der Waals surface area contributed by atoms with Crippen LogP contribution < -0.4 is 0 Å². The molecule has 1 aromatic heterocycles. The first kappa shape index (κ1) is 22.2. The van der Waals surface area contributed by atoms with Crippen LogP contribution in [0.2, 0.25) is 10.0 Å². The number of benzene rings is 1. The Morgan fingerprint density at radius 1 is 1.31 bits per heavy atom. The smallest absolute Gasteiger partial charge is 0.235 e. The topological polar surface area (TPSA) is 51.0 Å². The molecule has 0 aliphatic carbocycles. The molecular weight excluding hydrogens is 427 g/mol. The Kier molecular flexibility index (Phi) is 7.30. The molecule has 2 aromatic rings. The van der Waals surface area contributed by atoms with Crippen LogP contribution in [-0.2, 0) is 11.3 Å². The van der Waals surface area contributed by atoms with E-state index in [1.165, 1.54) is 18.2 Å². The lowest BCUT2D eigenvalue weighted by atomic mass is 9.92. The third kappa shape index (κ3) is 5.16. The van der Waals surface area contributed by atoms with E-state index in [4.69, 9.17) is 23.2 Å². The molecule has 0 spiro atoms. The van der Waals surface area contributed by atoms with Crippen molar-refractivity contribution in [3.8, 4) is 11.4 Å². The van der Waals surface area contributed by atoms with E-state index in [0.717, 1.165) is 18.7 Å². The van der Waals surface area contributed by atoms with E-state index in [1.807, 2.05) is 22.5 Å². The van der Waals surface area contributed by atoms with Crippen molar-refractivity contribution in [2.75, 3.05) is 13.1 Å². The average Bonchev–Trinajstić information content (AvgIpc) is 3.03. The summed E-state index contributed by atoms with van der Waals surface area (Å²) in [6.45, 7) is 12.3. The number of piperidine rings is 1. The van der Waals surface area contributed by atoms with E-state index in [9.17, 15) is 4.79 Å². The Morgan fingerprint density at radius 2 is 2.00 bits per heavy atom. The first-order valence-electron chi connectivity index (χ1n) is 9.75. The minimum atomic E-state index is -0.256. The maximum absolute atomic E-state index is 13.0. The molecule has 156 valence electrons. The summed E-state index contributed by atoms with van der Waals surface area (Å²) in [6.07, 6.45) is 2.95. The summed E-state index contributed by atoms with van der Waals surface area (Å²) in [6, 6.07) is 5.28. The van der Waals surface area contributed by atoms with Gasteiger partial charge in [0.05, 0.1) is 10.3 Å². The molecule has 3 atom stereocenters. The molecule has 1 saturated heterocycles. The lowest BCUT2D eigenvalue weighted by Gasteiger charge is -2.36. The number of allylic oxidation sites excluding steroid dienone is 1. The number of thioether (sulfide) groups is 1. The van der Waals surface area contributed by atoms with Crippen LogP contribution in [0.25, 0.3) is 11.4 Å². The molecule has 1 aliphatic rings. The number of halogens is 2. The van der Waals surface area contributed by atoms with E-state index in [-0.39, 0.29) is 11.2 Å². The normalized spacial score (nSPS) is 20.5. The molecule has 0 unspecified atom stereocenters. The van der Waals surface area contributed by atoms with Gasteiger partial charge in [-0.1, -0.05) is 54.9 Å². The monoisotopic (exact) mass is 452 g/mol. The van der Waals surface area contributed by atoms with Gasteiger partial charge in [-0.3, -0.25) is 9.36 Å². The molecule has 29 heavy (non-hydrogen) atoms. The number of hydrogen-bond donors (Lipinski definition) is 0. The lowest BCUT2D eigenvalue weighted by molar-refractivity contribution is -0.132. The molecular formula is C21H26Cl2N4OS. The number of rotatable bonds is 6.